The summed E-state index contributed by atoms with van der Waals surface area (Å²) < 4.78 is 15.7. The molecule has 0 aromatic heterocycles. The molecule has 0 spiro atoms. The number of thioether (sulfide) groups is 1. The molecule has 0 bridgehead atoms. The third-order valence-electron chi connectivity index (χ3n) is 4.09. The van der Waals surface area contributed by atoms with E-state index in [1.165, 1.54) is 13.0 Å². The summed E-state index contributed by atoms with van der Waals surface area (Å²) in [5.41, 5.74) is 1.75. The van der Waals surface area contributed by atoms with Gasteiger partial charge < -0.3 is 19.5 Å². The van der Waals surface area contributed by atoms with Gasteiger partial charge in [-0.2, -0.15) is 0 Å². The second kappa shape index (κ2) is 9.32. The highest BCUT2D eigenvalue weighted by Crippen LogP contribution is 2.32. The summed E-state index contributed by atoms with van der Waals surface area (Å²) in [7, 11) is 0. The first-order valence-electron chi connectivity index (χ1n) is 8.74. The summed E-state index contributed by atoms with van der Waals surface area (Å²) in [5, 5.41) is 2.74. The summed E-state index contributed by atoms with van der Waals surface area (Å²) >= 11 is 1.65. The molecule has 146 valence electrons. The van der Waals surface area contributed by atoms with Crippen molar-refractivity contribution < 1.29 is 23.8 Å². The number of carbonyl (C=O) groups is 2. The molecular formula is C21H21NO5S. The Morgan fingerprint density at radius 3 is 2.68 bits per heavy atom. The first-order valence-corrected chi connectivity index (χ1v) is 9.96. The molecule has 0 fully saturated rings. The van der Waals surface area contributed by atoms with Crippen molar-refractivity contribution in [2.45, 2.75) is 24.5 Å². The Balaban J connectivity index is 1.46. The third kappa shape index (κ3) is 5.29. The van der Waals surface area contributed by atoms with E-state index in [0.29, 0.717) is 18.0 Å². The largest absolute Gasteiger partial charge is 0.454 e. The summed E-state index contributed by atoms with van der Waals surface area (Å²) in [5.74, 6) is 0.401. The monoisotopic (exact) mass is 399 g/mol. The highest BCUT2D eigenvalue weighted by molar-refractivity contribution is 7.98. The van der Waals surface area contributed by atoms with Crippen molar-refractivity contribution >= 4 is 29.7 Å². The Bertz CT molecular complexity index is 879. The van der Waals surface area contributed by atoms with Gasteiger partial charge in [0.2, 0.25) is 6.79 Å². The van der Waals surface area contributed by atoms with E-state index in [9.17, 15) is 9.59 Å². The highest BCUT2D eigenvalue weighted by Gasteiger charge is 2.17. The van der Waals surface area contributed by atoms with Crippen molar-refractivity contribution in [1.82, 2.24) is 5.32 Å². The standard InChI is InChI=1S/C21H21NO5S/c1-14(27-20(23)10-6-15-3-7-17(28-2)8-4-15)21(24)22-12-16-5-9-18-19(11-16)26-13-25-18/h3-11,14H,12-13H2,1-2H3,(H,22,24)/b10-6+/t14-/m1/s1. The molecule has 0 saturated heterocycles. The normalized spacial score (nSPS) is 13.4. The number of nitrogens with one attached hydrogen (secondary N) is 1. The maximum atomic E-state index is 12.2. The lowest BCUT2D eigenvalue weighted by atomic mass is 10.2. The van der Waals surface area contributed by atoms with Crippen LogP contribution >= 0.6 is 11.8 Å². The molecule has 1 aliphatic rings. The number of amides is 1. The van der Waals surface area contributed by atoms with Crippen LogP contribution in [0.1, 0.15) is 18.1 Å². The van der Waals surface area contributed by atoms with E-state index in [2.05, 4.69) is 5.32 Å². The number of hydrogen-bond acceptors (Lipinski definition) is 6. The minimum atomic E-state index is -0.898. The molecule has 1 atom stereocenters. The quantitative estimate of drug-likeness (QED) is 0.437. The van der Waals surface area contributed by atoms with Crippen molar-refractivity contribution in [3.05, 3.63) is 59.7 Å². The fraction of sp³-hybridized carbons (Fsp3) is 0.238. The van der Waals surface area contributed by atoms with Gasteiger partial charge in [-0.05, 0) is 54.6 Å². The summed E-state index contributed by atoms with van der Waals surface area (Å²) in [6.45, 7) is 2.04. The number of carbonyl (C=O) groups excluding carboxylic acids is 2. The average molecular weight is 399 g/mol. The number of ether oxygens (including phenoxy) is 3. The molecule has 1 amide bonds. The van der Waals surface area contributed by atoms with Gasteiger partial charge >= 0.3 is 5.97 Å². The van der Waals surface area contributed by atoms with Gasteiger partial charge in [0.15, 0.2) is 17.6 Å². The molecular weight excluding hydrogens is 378 g/mol. The molecule has 28 heavy (non-hydrogen) atoms. The minimum absolute atomic E-state index is 0.202. The average Bonchev–Trinajstić information content (AvgIpc) is 3.18. The zero-order chi connectivity index (χ0) is 19.9. The fourth-order valence-corrected chi connectivity index (χ4v) is 2.94. The van der Waals surface area contributed by atoms with E-state index in [-0.39, 0.29) is 12.7 Å². The Hall–Kier alpha value is -2.93. The van der Waals surface area contributed by atoms with E-state index in [1.54, 1.807) is 23.9 Å². The molecule has 6 nitrogen and oxygen atoms in total. The highest BCUT2D eigenvalue weighted by atomic mass is 32.2. The van der Waals surface area contributed by atoms with E-state index < -0.39 is 12.1 Å². The number of rotatable bonds is 7. The second-order valence-electron chi connectivity index (χ2n) is 6.09. The predicted octanol–water partition coefficient (Wildman–Crippen LogP) is 3.40. The van der Waals surface area contributed by atoms with Gasteiger partial charge in [-0.1, -0.05) is 18.2 Å². The van der Waals surface area contributed by atoms with Gasteiger partial charge in [-0.3, -0.25) is 4.79 Å². The van der Waals surface area contributed by atoms with Crippen molar-refractivity contribution in [2.24, 2.45) is 0 Å². The van der Waals surface area contributed by atoms with Crippen LogP contribution in [0.5, 0.6) is 11.5 Å². The van der Waals surface area contributed by atoms with Crippen LogP contribution in [-0.4, -0.2) is 31.0 Å². The van der Waals surface area contributed by atoms with Crippen LogP contribution in [0.2, 0.25) is 0 Å². The van der Waals surface area contributed by atoms with E-state index >= 15 is 0 Å². The number of hydrogen-bond donors (Lipinski definition) is 1. The molecule has 0 saturated carbocycles. The minimum Gasteiger partial charge on any atom is -0.454 e. The maximum absolute atomic E-state index is 12.2. The van der Waals surface area contributed by atoms with E-state index in [0.717, 1.165) is 16.0 Å². The van der Waals surface area contributed by atoms with Crippen LogP contribution in [0, 0.1) is 0 Å². The second-order valence-corrected chi connectivity index (χ2v) is 6.97. The van der Waals surface area contributed by atoms with Gasteiger partial charge in [-0.25, -0.2) is 4.79 Å². The van der Waals surface area contributed by atoms with Gasteiger partial charge in [0.1, 0.15) is 0 Å². The van der Waals surface area contributed by atoms with Crippen LogP contribution in [0.15, 0.2) is 53.4 Å². The number of esters is 1. The van der Waals surface area contributed by atoms with Crippen LogP contribution in [0.4, 0.5) is 0 Å². The smallest absolute Gasteiger partial charge is 0.331 e. The van der Waals surface area contributed by atoms with E-state index in [4.69, 9.17) is 14.2 Å². The molecule has 0 aliphatic carbocycles. The van der Waals surface area contributed by atoms with Crippen LogP contribution in [0.3, 0.4) is 0 Å². The molecule has 1 N–H and O–H groups in total. The van der Waals surface area contributed by atoms with Gasteiger partial charge in [-0.15, -0.1) is 11.8 Å². The van der Waals surface area contributed by atoms with Crippen LogP contribution in [0.25, 0.3) is 6.08 Å². The Morgan fingerprint density at radius 1 is 1.18 bits per heavy atom. The summed E-state index contributed by atoms with van der Waals surface area (Å²) in [6.07, 6.45) is 4.07. The molecule has 1 aliphatic heterocycles. The maximum Gasteiger partial charge on any atom is 0.331 e. The van der Waals surface area contributed by atoms with Crippen LogP contribution in [-0.2, 0) is 20.9 Å². The fourth-order valence-electron chi connectivity index (χ4n) is 2.53. The topological polar surface area (TPSA) is 73.9 Å². The zero-order valence-corrected chi connectivity index (χ0v) is 16.5. The molecule has 2 aromatic rings. The van der Waals surface area contributed by atoms with Crippen molar-refractivity contribution in [3.8, 4) is 11.5 Å². The molecule has 3 rings (SSSR count). The molecule has 1 heterocycles. The van der Waals surface area contributed by atoms with Crippen molar-refractivity contribution in [2.75, 3.05) is 13.0 Å². The van der Waals surface area contributed by atoms with Gasteiger partial charge in [0.05, 0.1) is 0 Å². The predicted molar refractivity (Wildman–Crippen MR) is 107 cm³/mol. The lowest BCUT2D eigenvalue weighted by molar-refractivity contribution is -0.150. The SMILES string of the molecule is CSc1ccc(/C=C/C(=O)O[C@H](C)C(=O)NCc2ccc3c(c2)OCO3)cc1. The Morgan fingerprint density at radius 2 is 1.93 bits per heavy atom. The first kappa shape index (κ1) is 19.8. The van der Waals surface area contributed by atoms with Crippen molar-refractivity contribution in [3.63, 3.8) is 0 Å². The lowest BCUT2D eigenvalue weighted by Crippen LogP contribution is -2.35. The first-order chi connectivity index (χ1) is 13.5. The Kier molecular flexibility index (Phi) is 6.60. The van der Waals surface area contributed by atoms with Crippen molar-refractivity contribution in [1.29, 1.82) is 0 Å². The molecule has 7 heteroatoms. The summed E-state index contributed by atoms with van der Waals surface area (Å²) in [4.78, 5) is 25.2. The third-order valence-corrected chi connectivity index (χ3v) is 4.84. The Labute approximate surface area is 167 Å². The van der Waals surface area contributed by atoms with Crippen LogP contribution < -0.4 is 14.8 Å². The number of fused-ring (bicyclic) bond motifs is 1. The lowest BCUT2D eigenvalue weighted by Gasteiger charge is -2.12. The van der Waals surface area contributed by atoms with Gasteiger partial charge in [0, 0.05) is 17.5 Å². The number of benzene rings is 2. The molecule has 2 aromatic carbocycles. The zero-order valence-electron chi connectivity index (χ0n) is 15.6. The summed E-state index contributed by atoms with van der Waals surface area (Å²) in [6, 6.07) is 13.2. The molecule has 0 unspecified atom stereocenters. The van der Waals surface area contributed by atoms with Gasteiger partial charge in [0.25, 0.3) is 5.91 Å². The molecule has 0 radical (unpaired) electrons. The van der Waals surface area contributed by atoms with E-state index in [1.807, 2.05) is 42.7 Å².